The average Bonchev–Trinajstić information content (AvgIpc) is 3.84. The molecule has 18 heteroatoms. The van der Waals surface area contributed by atoms with Gasteiger partial charge in [-0.2, -0.15) is 5.26 Å². The zero-order valence-electron chi connectivity index (χ0n) is 26.8. The highest BCUT2D eigenvalue weighted by Crippen LogP contribution is 2.41. The summed E-state index contributed by atoms with van der Waals surface area (Å²) in [6.45, 7) is 0.761. The molecule has 0 saturated carbocycles. The first kappa shape index (κ1) is 40.3. The summed E-state index contributed by atoms with van der Waals surface area (Å²) in [7, 11) is 1.58. The summed E-state index contributed by atoms with van der Waals surface area (Å²) in [6.07, 6.45) is 2.18. The fraction of sp³-hybridized carbons (Fsp3) is 0.344. The zero-order valence-corrected chi connectivity index (χ0v) is 30.6. The normalized spacial score (nSPS) is 15.6. The Balaban J connectivity index is 0.00000338. The first-order valence-electron chi connectivity index (χ1n) is 14.9. The molecule has 5 rings (SSSR count). The standard InChI is InChI=1S/C32H32F2N7O6S.ClH.HI/c1-20(30-38-27(15-48-30)22-5-3-21(12-35)4-6-22)32(45,25-11-23(33)7-9-26(25)34)16-40-18-39(17-37-40)19-47-31(44)41-24(8-10-28(41)42)14-46-29(43)13-36-2;;/h3-7,9,11,15,17-18,20,24,36,45H,8,10,13-14,16,19H2,1-2H3;2*1H/q+1;;/p-1. The number of benzene rings is 2. The van der Waals surface area contributed by atoms with Crippen molar-refractivity contribution in [3.63, 3.8) is 0 Å². The van der Waals surface area contributed by atoms with E-state index in [0.717, 1.165) is 28.7 Å². The summed E-state index contributed by atoms with van der Waals surface area (Å²) < 4.78 is 42.7. The van der Waals surface area contributed by atoms with Crippen molar-refractivity contribution >= 4 is 41.7 Å². The van der Waals surface area contributed by atoms with E-state index < -0.39 is 47.2 Å². The lowest BCUT2D eigenvalue weighted by Crippen LogP contribution is -3.00. The Labute approximate surface area is 313 Å². The van der Waals surface area contributed by atoms with E-state index in [-0.39, 0.29) is 74.8 Å². The van der Waals surface area contributed by atoms with Gasteiger partial charge in [0.15, 0.2) is 0 Å². The predicted octanol–water partition coefficient (Wildman–Crippen LogP) is 0.409. The molecule has 50 heavy (non-hydrogen) atoms. The van der Waals surface area contributed by atoms with Crippen LogP contribution < -0.4 is 33.9 Å². The lowest BCUT2D eigenvalue weighted by atomic mass is 9.82. The van der Waals surface area contributed by atoms with Crippen LogP contribution in [-0.4, -0.2) is 69.0 Å². The van der Waals surface area contributed by atoms with E-state index in [9.17, 15) is 23.9 Å². The molecule has 2 N–H and O–H groups in total. The van der Waals surface area contributed by atoms with Crippen LogP contribution in [0.2, 0.25) is 0 Å². The lowest BCUT2D eigenvalue weighted by molar-refractivity contribution is -0.728. The number of thiazole rings is 1. The molecule has 3 heterocycles. The molecule has 0 aliphatic carbocycles. The quantitative estimate of drug-likeness (QED) is 0.116. The molecule has 1 fully saturated rings. The topological polar surface area (TPSA) is 164 Å². The maximum absolute atomic E-state index is 15.2. The fourth-order valence-electron chi connectivity index (χ4n) is 5.32. The van der Waals surface area contributed by atoms with Crippen molar-refractivity contribution in [3.05, 3.63) is 88.3 Å². The molecule has 266 valence electrons. The highest BCUT2D eigenvalue weighted by atomic mass is 127. The number of nitriles is 1. The SMILES string of the molecule is CNCC(=O)OCC1CCC(=O)N1C(=O)OC[n+]1cnn(CC(O)(c2cc(F)ccc2F)C(C)c2nc(-c3ccc(C#N)cc3)cs2)c1.Cl.[I-]. The second kappa shape index (κ2) is 17.7. The Hall–Kier alpha value is -4.09. The number of nitrogens with zero attached hydrogens (tertiary/aromatic N) is 6. The predicted molar refractivity (Wildman–Crippen MR) is 172 cm³/mol. The number of rotatable bonds is 12. The number of aromatic nitrogens is 4. The number of likely N-dealkylation sites (N-methyl/N-ethyl adjacent to an activating group) is 1. The fourth-order valence-corrected chi connectivity index (χ4v) is 6.29. The van der Waals surface area contributed by atoms with Gasteiger partial charge < -0.3 is 43.9 Å². The van der Waals surface area contributed by atoms with E-state index in [1.165, 1.54) is 33.2 Å². The van der Waals surface area contributed by atoms with Crippen LogP contribution in [-0.2, 0) is 37.9 Å². The molecule has 2 aromatic heterocycles. The Morgan fingerprint density at radius 1 is 1.24 bits per heavy atom. The highest BCUT2D eigenvalue weighted by molar-refractivity contribution is 7.10. The van der Waals surface area contributed by atoms with Crippen LogP contribution in [0.1, 0.15) is 41.8 Å². The number of halogens is 4. The van der Waals surface area contributed by atoms with Gasteiger partial charge in [0, 0.05) is 33.9 Å². The third-order valence-electron chi connectivity index (χ3n) is 7.96. The van der Waals surface area contributed by atoms with Gasteiger partial charge in [-0.25, -0.2) is 28.0 Å². The number of amides is 2. The Morgan fingerprint density at radius 3 is 2.68 bits per heavy atom. The molecule has 0 spiro atoms. The number of hydrogen-bond donors (Lipinski definition) is 2. The summed E-state index contributed by atoms with van der Waals surface area (Å²) >= 11 is 1.23. The van der Waals surface area contributed by atoms with Crippen molar-refractivity contribution in [3.8, 4) is 17.3 Å². The van der Waals surface area contributed by atoms with Gasteiger partial charge in [0.05, 0.1) is 34.9 Å². The minimum Gasteiger partial charge on any atom is -1.00 e. The molecule has 3 unspecified atom stereocenters. The van der Waals surface area contributed by atoms with Gasteiger partial charge in [0.1, 0.15) is 30.4 Å². The number of hydrogen-bond acceptors (Lipinski definition) is 11. The van der Waals surface area contributed by atoms with Crippen molar-refractivity contribution in [1.29, 1.82) is 5.26 Å². The van der Waals surface area contributed by atoms with Gasteiger partial charge in [0.25, 0.3) is 6.33 Å². The maximum Gasteiger partial charge on any atom is 0.419 e. The first-order chi connectivity index (χ1) is 23.0. The van der Waals surface area contributed by atoms with Crippen LogP contribution in [0, 0.1) is 23.0 Å². The molecular formula is C32H33ClF2IN7O6S. The largest absolute Gasteiger partial charge is 1.00 e. The molecule has 3 atom stereocenters. The number of ether oxygens (including phenoxy) is 2. The van der Waals surface area contributed by atoms with Gasteiger partial charge in [-0.3, -0.25) is 9.59 Å². The molecule has 1 saturated heterocycles. The molecule has 1 aliphatic rings. The summed E-state index contributed by atoms with van der Waals surface area (Å²) in [5, 5.41) is 30.3. The van der Waals surface area contributed by atoms with Gasteiger partial charge in [-0.1, -0.05) is 19.1 Å². The minimum atomic E-state index is -2.05. The summed E-state index contributed by atoms with van der Waals surface area (Å²) in [4.78, 5) is 42.5. The van der Waals surface area contributed by atoms with E-state index in [2.05, 4.69) is 21.5 Å². The van der Waals surface area contributed by atoms with Crippen LogP contribution in [0.3, 0.4) is 0 Å². The van der Waals surface area contributed by atoms with Crippen molar-refractivity contribution < 1.29 is 66.3 Å². The van der Waals surface area contributed by atoms with Crippen LogP contribution >= 0.6 is 23.7 Å². The number of aliphatic hydroxyl groups is 1. The summed E-state index contributed by atoms with van der Waals surface area (Å²) in [5.74, 6) is -3.42. The van der Waals surface area contributed by atoms with E-state index >= 15 is 4.39 Å². The third kappa shape index (κ3) is 9.17. The van der Waals surface area contributed by atoms with Crippen molar-refractivity contribution in [2.75, 3.05) is 20.2 Å². The second-order valence-corrected chi connectivity index (χ2v) is 12.1. The van der Waals surface area contributed by atoms with E-state index in [1.54, 1.807) is 43.6 Å². The Bertz CT molecular complexity index is 1860. The van der Waals surface area contributed by atoms with Gasteiger partial charge in [-0.15, -0.1) is 28.4 Å². The summed E-state index contributed by atoms with van der Waals surface area (Å²) in [5.41, 5.74) is -0.536. The maximum atomic E-state index is 15.2. The number of esters is 1. The van der Waals surface area contributed by atoms with Crippen molar-refractivity contribution in [1.82, 2.24) is 25.0 Å². The van der Waals surface area contributed by atoms with Crippen molar-refractivity contribution in [2.45, 2.75) is 50.6 Å². The highest BCUT2D eigenvalue weighted by Gasteiger charge is 2.44. The monoisotopic (exact) mass is 843 g/mol. The van der Waals surface area contributed by atoms with Gasteiger partial charge in [0.2, 0.25) is 19.0 Å². The zero-order chi connectivity index (χ0) is 34.4. The van der Waals surface area contributed by atoms with Gasteiger partial charge in [-0.05, 0) is 43.8 Å². The molecule has 1 aliphatic heterocycles. The summed E-state index contributed by atoms with van der Waals surface area (Å²) in [6, 6.07) is 11.0. The van der Waals surface area contributed by atoms with E-state index in [1.807, 2.05) is 0 Å². The number of carbonyl (C=O) groups is 3. The molecular weight excluding hydrogens is 811 g/mol. The number of imide groups is 1. The third-order valence-corrected chi connectivity index (χ3v) is 8.99. The Morgan fingerprint density at radius 2 is 1.98 bits per heavy atom. The van der Waals surface area contributed by atoms with E-state index in [0.29, 0.717) is 22.7 Å². The first-order valence-corrected chi connectivity index (χ1v) is 15.7. The second-order valence-electron chi connectivity index (χ2n) is 11.2. The van der Waals surface area contributed by atoms with Crippen molar-refractivity contribution in [2.24, 2.45) is 0 Å². The lowest BCUT2D eigenvalue weighted by Gasteiger charge is -2.32. The van der Waals surface area contributed by atoms with Crippen LogP contribution in [0.15, 0.2) is 60.5 Å². The molecule has 13 nitrogen and oxygen atoms in total. The molecule has 2 amide bonds. The van der Waals surface area contributed by atoms with Gasteiger partial charge >= 0.3 is 12.1 Å². The van der Waals surface area contributed by atoms with Crippen LogP contribution in [0.4, 0.5) is 13.6 Å². The van der Waals surface area contributed by atoms with Crippen LogP contribution in [0.25, 0.3) is 11.3 Å². The number of nitrogens with one attached hydrogen (secondary N) is 1. The minimum absolute atomic E-state index is 0. The molecule has 4 aromatic rings. The number of carbonyl (C=O) groups excluding carboxylic acids is 3. The smallest absolute Gasteiger partial charge is 0.419 e. The molecule has 0 radical (unpaired) electrons. The molecule has 0 bridgehead atoms. The number of likely N-dealkylation sites (tertiary alicyclic amines) is 1. The molecule has 2 aromatic carbocycles. The Kier molecular flexibility index (Phi) is 14.3. The van der Waals surface area contributed by atoms with Crippen LogP contribution in [0.5, 0.6) is 0 Å². The van der Waals surface area contributed by atoms with E-state index in [4.69, 9.17) is 14.7 Å². The average molecular weight is 844 g/mol.